The molecular weight excluding hydrogens is 372 g/mol. The summed E-state index contributed by atoms with van der Waals surface area (Å²) in [5.74, 6) is 0.0239. The number of benzene rings is 1. The number of nitrogen functional groups attached to an aromatic ring is 1. The number of aromatic nitrogens is 4. The smallest absolute Gasteiger partial charge is 0.227 e. The van der Waals surface area contributed by atoms with E-state index >= 15 is 0 Å². The topological polar surface area (TPSA) is 89.9 Å². The maximum atomic E-state index is 12.9. The van der Waals surface area contributed by atoms with Crippen LogP contribution in [0.2, 0.25) is 0 Å². The number of carbonyl (C=O) groups is 1. The standard InChI is InChI=1S/C20H24N6OS/c1-15(11-26-14-22-13-23-26)18(27)25-9-7-20(8-10-25,16-5-3-2-4-6-16)17-12-28-19(21)24-17/h2-6,12-15H,7-11H2,1H3,(H2,21,24). The summed E-state index contributed by atoms with van der Waals surface area (Å²) in [5, 5.41) is 6.76. The molecule has 2 aromatic heterocycles. The summed E-state index contributed by atoms with van der Waals surface area (Å²) in [6.45, 7) is 3.89. The number of amides is 1. The van der Waals surface area contributed by atoms with Crippen molar-refractivity contribution in [2.75, 3.05) is 18.8 Å². The molecule has 0 radical (unpaired) electrons. The quantitative estimate of drug-likeness (QED) is 0.716. The van der Waals surface area contributed by atoms with Crippen molar-refractivity contribution >= 4 is 22.4 Å². The average molecular weight is 397 g/mol. The van der Waals surface area contributed by atoms with E-state index in [9.17, 15) is 4.79 Å². The van der Waals surface area contributed by atoms with Crippen molar-refractivity contribution < 1.29 is 4.79 Å². The van der Waals surface area contributed by atoms with Crippen molar-refractivity contribution in [3.05, 3.63) is 59.6 Å². The molecule has 1 unspecified atom stereocenters. The summed E-state index contributed by atoms with van der Waals surface area (Å²) in [5.41, 5.74) is 7.99. The second kappa shape index (κ2) is 7.71. The number of carbonyl (C=O) groups excluding carboxylic acids is 1. The summed E-state index contributed by atoms with van der Waals surface area (Å²) in [7, 11) is 0. The molecule has 0 spiro atoms. The van der Waals surface area contributed by atoms with Crippen LogP contribution in [0.15, 0.2) is 48.4 Å². The highest BCUT2D eigenvalue weighted by molar-refractivity contribution is 7.13. The number of piperidine rings is 1. The molecule has 0 aliphatic carbocycles. The second-order valence-electron chi connectivity index (χ2n) is 7.36. The first kappa shape index (κ1) is 18.6. The first-order valence-corrected chi connectivity index (χ1v) is 10.3. The molecule has 1 fully saturated rings. The van der Waals surface area contributed by atoms with Gasteiger partial charge in [0, 0.05) is 23.9 Å². The Hall–Kier alpha value is -2.74. The molecule has 1 aliphatic rings. The number of likely N-dealkylation sites (tertiary alicyclic amines) is 1. The van der Waals surface area contributed by atoms with Gasteiger partial charge in [0.15, 0.2) is 5.13 Å². The summed E-state index contributed by atoms with van der Waals surface area (Å²) in [6, 6.07) is 10.5. The average Bonchev–Trinajstić information content (AvgIpc) is 3.40. The Morgan fingerprint density at radius 1 is 1.29 bits per heavy atom. The van der Waals surface area contributed by atoms with Gasteiger partial charge in [-0.2, -0.15) is 5.10 Å². The lowest BCUT2D eigenvalue weighted by atomic mass is 9.70. The van der Waals surface area contributed by atoms with Gasteiger partial charge in [-0.3, -0.25) is 9.48 Å². The van der Waals surface area contributed by atoms with Crippen LogP contribution in [0, 0.1) is 5.92 Å². The van der Waals surface area contributed by atoms with E-state index < -0.39 is 0 Å². The van der Waals surface area contributed by atoms with E-state index in [-0.39, 0.29) is 17.2 Å². The molecule has 146 valence electrons. The van der Waals surface area contributed by atoms with Crippen LogP contribution in [-0.4, -0.2) is 43.6 Å². The largest absolute Gasteiger partial charge is 0.375 e. The Morgan fingerprint density at radius 3 is 2.64 bits per heavy atom. The highest BCUT2D eigenvalue weighted by atomic mass is 32.1. The number of rotatable bonds is 5. The first-order chi connectivity index (χ1) is 13.6. The maximum Gasteiger partial charge on any atom is 0.227 e. The van der Waals surface area contributed by atoms with Gasteiger partial charge in [0.25, 0.3) is 0 Å². The van der Waals surface area contributed by atoms with Crippen molar-refractivity contribution in [2.45, 2.75) is 31.7 Å². The summed E-state index contributed by atoms with van der Waals surface area (Å²) in [4.78, 5) is 23.5. The van der Waals surface area contributed by atoms with Crippen LogP contribution >= 0.6 is 11.3 Å². The number of anilines is 1. The van der Waals surface area contributed by atoms with Crippen LogP contribution in [0.5, 0.6) is 0 Å². The van der Waals surface area contributed by atoms with E-state index in [0.717, 1.165) is 18.5 Å². The lowest BCUT2D eigenvalue weighted by Gasteiger charge is -2.42. The van der Waals surface area contributed by atoms with Gasteiger partial charge in [-0.15, -0.1) is 11.3 Å². The van der Waals surface area contributed by atoms with Crippen LogP contribution in [0.4, 0.5) is 5.13 Å². The molecule has 1 saturated heterocycles. The molecule has 28 heavy (non-hydrogen) atoms. The number of nitrogens with zero attached hydrogens (tertiary/aromatic N) is 5. The molecule has 0 bridgehead atoms. The van der Waals surface area contributed by atoms with E-state index in [4.69, 9.17) is 5.73 Å². The van der Waals surface area contributed by atoms with Gasteiger partial charge in [-0.1, -0.05) is 37.3 Å². The van der Waals surface area contributed by atoms with E-state index in [1.54, 1.807) is 11.0 Å². The normalized spacial score (nSPS) is 17.4. The molecule has 3 heterocycles. The van der Waals surface area contributed by atoms with Crippen molar-refractivity contribution in [2.24, 2.45) is 5.92 Å². The molecular formula is C20H24N6OS. The second-order valence-corrected chi connectivity index (χ2v) is 8.25. The van der Waals surface area contributed by atoms with E-state index in [2.05, 4.69) is 44.7 Å². The van der Waals surface area contributed by atoms with E-state index in [1.807, 2.05) is 17.9 Å². The zero-order chi connectivity index (χ0) is 19.6. The fraction of sp³-hybridized carbons (Fsp3) is 0.400. The Morgan fingerprint density at radius 2 is 2.04 bits per heavy atom. The molecule has 1 atom stereocenters. The van der Waals surface area contributed by atoms with Crippen molar-refractivity contribution in [1.29, 1.82) is 0 Å². The molecule has 1 aromatic carbocycles. The highest BCUT2D eigenvalue weighted by Gasteiger charge is 2.41. The summed E-state index contributed by atoms with van der Waals surface area (Å²) in [6.07, 6.45) is 4.81. The Labute approximate surface area is 168 Å². The maximum absolute atomic E-state index is 12.9. The number of nitrogens with two attached hydrogens (primary N) is 1. The van der Waals surface area contributed by atoms with Crippen molar-refractivity contribution in [1.82, 2.24) is 24.6 Å². The first-order valence-electron chi connectivity index (χ1n) is 9.47. The van der Waals surface area contributed by atoms with Crippen LogP contribution < -0.4 is 5.73 Å². The Bertz CT molecular complexity index is 915. The number of hydrogen-bond acceptors (Lipinski definition) is 6. The Kier molecular flexibility index (Phi) is 5.13. The molecule has 1 amide bonds. The van der Waals surface area contributed by atoms with Crippen molar-refractivity contribution in [3.8, 4) is 0 Å². The van der Waals surface area contributed by atoms with E-state index in [0.29, 0.717) is 24.8 Å². The fourth-order valence-corrected chi connectivity index (χ4v) is 4.73. The van der Waals surface area contributed by atoms with Gasteiger partial charge in [0.2, 0.25) is 5.91 Å². The monoisotopic (exact) mass is 396 g/mol. The minimum atomic E-state index is -0.193. The lowest BCUT2D eigenvalue weighted by Crippen LogP contribution is -2.47. The van der Waals surface area contributed by atoms with Crippen LogP contribution in [0.3, 0.4) is 0 Å². The van der Waals surface area contributed by atoms with Gasteiger partial charge in [0.1, 0.15) is 12.7 Å². The fourth-order valence-electron chi connectivity index (χ4n) is 4.06. The third-order valence-electron chi connectivity index (χ3n) is 5.62. The summed E-state index contributed by atoms with van der Waals surface area (Å²) < 4.78 is 1.71. The molecule has 0 saturated carbocycles. The van der Waals surface area contributed by atoms with Gasteiger partial charge in [-0.25, -0.2) is 9.97 Å². The molecule has 8 heteroatoms. The molecule has 3 aromatic rings. The zero-order valence-electron chi connectivity index (χ0n) is 15.9. The number of thiazole rings is 1. The SMILES string of the molecule is CC(Cn1cncn1)C(=O)N1CCC(c2ccccc2)(c2csc(N)n2)CC1. The minimum absolute atomic E-state index is 0.138. The highest BCUT2D eigenvalue weighted by Crippen LogP contribution is 2.42. The van der Waals surface area contributed by atoms with Gasteiger partial charge < -0.3 is 10.6 Å². The van der Waals surface area contributed by atoms with Gasteiger partial charge in [-0.05, 0) is 18.4 Å². The van der Waals surface area contributed by atoms with Crippen LogP contribution in [0.1, 0.15) is 31.0 Å². The molecule has 2 N–H and O–H groups in total. The molecule has 7 nitrogen and oxygen atoms in total. The van der Waals surface area contributed by atoms with Crippen LogP contribution in [0.25, 0.3) is 0 Å². The van der Waals surface area contributed by atoms with Gasteiger partial charge in [0.05, 0.1) is 18.2 Å². The summed E-state index contributed by atoms with van der Waals surface area (Å²) >= 11 is 1.48. The molecule has 4 rings (SSSR count). The minimum Gasteiger partial charge on any atom is -0.375 e. The lowest BCUT2D eigenvalue weighted by molar-refractivity contribution is -0.137. The van der Waals surface area contributed by atoms with E-state index in [1.165, 1.54) is 23.2 Å². The van der Waals surface area contributed by atoms with Gasteiger partial charge >= 0.3 is 0 Å². The Balaban J connectivity index is 1.51. The predicted octanol–water partition coefficient (Wildman–Crippen LogP) is 2.56. The predicted molar refractivity (Wildman–Crippen MR) is 109 cm³/mol. The van der Waals surface area contributed by atoms with Crippen molar-refractivity contribution in [3.63, 3.8) is 0 Å². The zero-order valence-corrected chi connectivity index (χ0v) is 16.7. The van der Waals surface area contributed by atoms with Crippen LogP contribution in [-0.2, 0) is 16.8 Å². The number of hydrogen-bond donors (Lipinski definition) is 1. The third kappa shape index (κ3) is 3.52. The third-order valence-corrected chi connectivity index (χ3v) is 6.29. The molecule has 1 aliphatic heterocycles.